The van der Waals surface area contributed by atoms with E-state index in [1.807, 2.05) is 97.9 Å². The van der Waals surface area contributed by atoms with Crippen LogP contribution in [-0.2, 0) is 9.59 Å². The fourth-order valence-electron chi connectivity index (χ4n) is 4.36. The van der Waals surface area contributed by atoms with Gasteiger partial charge in [0.25, 0.3) is 11.7 Å². The van der Waals surface area contributed by atoms with Crippen LogP contribution < -0.4 is 4.90 Å². The molecule has 0 spiro atoms. The second-order valence-electron chi connectivity index (χ2n) is 7.93. The van der Waals surface area contributed by atoms with E-state index in [-0.39, 0.29) is 11.3 Å². The molecule has 0 aromatic heterocycles. The van der Waals surface area contributed by atoms with Gasteiger partial charge < -0.3 is 5.11 Å². The third-order valence-corrected chi connectivity index (χ3v) is 5.96. The van der Waals surface area contributed by atoms with E-state index in [1.165, 1.54) is 4.90 Å². The zero-order chi connectivity index (χ0) is 22.2. The summed E-state index contributed by atoms with van der Waals surface area (Å²) in [6, 6.07) is 29.4. The number of hydrogen-bond donors (Lipinski definition) is 1. The molecule has 1 amide bonds. The molecule has 1 heterocycles. The Morgan fingerprint density at radius 1 is 0.781 bits per heavy atom. The van der Waals surface area contributed by atoms with Gasteiger partial charge in [-0.1, -0.05) is 84.9 Å². The molecule has 4 heteroatoms. The Morgan fingerprint density at radius 2 is 1.44 bits per heavy atom. The molecule has 0 aliphatic carbocycles. The average molecular weight is 419 g/mol. The molecule has 0 saturated carbocycles. The van der Waals surface area contributed by atoms with E-state index in [4.69, 9.17) is 0 Å². The highest BCUT2D eigenvalue weighted by atomic mass is 16.3. The van der Waals surface area contributed by atoms with Crippen molar-refractivity contribution in [1.82, 2.24) is 0 Å². The molecule has 1 aliphatic rings. The first-order valence-electron chi connectivity index (χ1n) is 10.5. The van der Waals surface area contributed by atoms with Crippen molar-refractivity contribution in [1.29, 1.82) is 0 Å². The lowest BCUT2D eigenvalue weighted by Crippen LogP contribution is -2.30. The molecule has 4 aromatic rings. The van der Waals surface area contributed by atoms with E-state index in [2.05, 4.69) is 0 Å². The maximum Gasteiger partial charge on any atom is 0.300 e. The number of fused-ring (bicyclic) bond motifs is 1. The minimum Gasteiger partial charge on any atom is -0.507 e. The van der Waals surface area contributed by atoms with Crippen LogP contribution in [0.1, 0.15) is 22.7 Å². The predicted octanol–water partition coefficient (Wildman–Crippen LogP) is 5.77. The van der Waals surface area contributed by atoms with Crippen molar-refractivity contribution >= 4 is 33.9 Å². The number of carbonyl (C=O) groups is 2. The molecule has 5 rings (SSSR count). The number of ketones is 1. The highest BCUT2D eigenvalue weighted by Gasteiger charge is 2.47. The smallest absolute Gasteiger partial charge is 0.300 e. The maximum absolute atomic E-state index is 13.3. The lowest BCUT2D eigenvalue weighted by molar-refractivity contribution is -0.132. The van der Waals surface area contributed by atoms with Gasteiger partial charge >= 0.3 is 0 Å². The number of hydrogen-bond acceptors (Lipinski definition) is 3. The molecule has 1 fully saturated rings. The van der Waals surface area contributed by atoms with Gasteiger partial charge in [-0.2, -0.15) is 0 Å². The van der Waals surface area contributed by atoms with Crippen LogP contribution in [0.15, 0.2) is 103 Å². The third kappa shape index (κ3) is 3.17. The summed E-state index contributed by atoms with van der Waals surface area (Å²) in [6.07, 6.45) is 0. The van der Waals surface area contributed by atoms with Crippen molar-refractivity contribution in [2.24, 2.45) is 0 Å². The summed E-state index contributed by atoms with van der Waals surface area (Å²) in [5.41, 5.74) is 2.89. The van der Waals surface area contributed by atoms with Crippen molar-refractivity contribution in [3.05, 3.63) is 119 Å². The quantitative estimate of drug-likeness (QED) is 0.260. The fraction of sp³-hybridized carbons (Fsp3) is 0.0714. The molecule has 1 saturated heterocycles. The van der Waals surface area contributed by atoms with Gasteiger partial charge in [0.05, 0.1) is 11.6 Å². The highest BCUT2D eigenvalue weighted by molar-refractivity contribution is 6.51. The lowest BCUT2D eigenvalue weighted by Gasteiger charge is -2.26. The minimum absolute atomic E-state index is 0.0970. The Labute approximate surface area is 186 Å². The summed E-state index contributed by atoms with van der Waals surface area (Å²) in [5.74, 6) is -1.50. The van der Waals surface area contributed by atoms with Crippen LogP contribution >= 0.6 is 0 Å². The molecule has 1 N–H and O–H groups in total. The molecule has 32 heavy (non-hydrogen) atoms. The molecule has 4 aromatic carbocycles. The molecule has 1 aliphatic heterocycles. The zero-order valence-corrected chi connectivity index (χ0v) is 17.5. The number of aryl methyl sites for hydroxylation is 1. The number of nitrogens with zero attached hydrogens (tertiary/aromatic N) is 1. The van der Waals surface area contributed by atoms with Crippen molar-refractivity contribution in [2.45, 2.75) is 13.0 Å². The number of aliphatic hydroxyl groups is 1. The Kier molecular flexibility index (Phi) is 4.83. The maximum atomic E-state index is 13.3. The Morgan fingerprint density at radius 3 is 2.19 bits per heavy atom. The van der Waals surface area contributed by atoms with Gasteiger partial charge in [-0.3, -0.25) is 14.5 Å². The van der Waals surface area contributed by atoms with Crippen LogP contribution in [0.5, 0.6) is 0 Å². The second kappa shape index (κ2) is 7.82. The summed E-state index contributed by atoms with van der Waals surface area (Å²) >= 11 is 0. The van der Waals surface area contributed by atoms with Gasteiger partial charge in [-0.25, -0.2) is 0 Å². The number of Topliss-reactive ketones (excluding diaryl/α,β-unsaturated/α-hetero) is 1. The van der Waals surface area contributed by atoms with Crippen LogP contribution in [0.3, 0.4) is 0 Å². The largest absolute Gasteiger partial charge is 0.507 e. The van der Waals surface area contributed by atoms with Crippen LogP contribution in [0.25, 0.3) is 16.5 Å². The van der Waals surface area contributed by atoms with Gasteiger partial charge in [0.15, 0.2) is 0 Å². The molecular formula is C28H21NO3. The summed E-state index contributed by atoms with van der Waals surface area (Å²) in [5, 5.41) is 13.3. The van der Waals surface area contributed by atoms with E-state index in [1.54, 1.807) is 6.07 Å². The SMILES string of the molecule is Cc1ccccc1N1C(=O)C(=O)/C(=C(\O)c2ccc3ccccc3c2)C1c1ccccc1. The summed E-state index contributed by atoms with van der Waals surface area (Å²) in [4.78, 5) is 28.0. The predicted molar refractivity (Wildman–Crippen MR) is 126 cm³/mol. The van der Waals surface area contributed by atoms with Gasteiger partial charge in [-0.15, -0.1) is 0 Å². The lowest BCUT2D eigenvalue weighted by atomic mass is 9.94. The zero-order valence-electron chi connectivity index (χ0n) is 17.5. The van der Waals surface area contributed by atoms with Gasteiger partial charge in [-0.05, 0) is 41.0 Å². The van der Waals surface area contributed by atoms with Crippen LogP contribution in [-0.4, -0.2) is 16.8 Å². The second-order valence-corrected chi connectivity index (χ2v) is 7.93. The fourth-order valence-corrected chi connectivity index (χ4v) is 4.36. The third-order valence-electron chi connectivity index (χ3n) is 5.96. The van der Waals surface area contributed by atoms with Gasteiger partial charge in [0.1, 0.15) is 5.76 Å². The number of rotatable bonds is 3. The van der Waals surface area contributed by atoms with Crippen LogP contribution in [0.2, 0.25) is 0 Å². The summed E-state index contributed by atoms with van der Waals surface area (Å²) < 4.78 is 0. The number of para-hydroxylation sites is 1. The van der Waals surface area contributed by atoms with Crippen molar-refractivity contribution in [3.63, 3.8) is 0 Å². The Hall–Kier alpha value is -4.18. The highest BCUT2D eigenvalue weighted by Crippen LogP contribution is 2.43. The first-order chi connectivity index (χ1) is 15.6. The number of aliphatic hydroxyl groups excluding tert-OH is 1. The average Bonchev–Trinajstić information content (AvgIpc) is 3.09. The molecule has 1 unspecified atom stereocenters. The van der Waals surface area contributed by atoms with Crippen molar-refractivity contribution < 1.29 is 14.7 Å². The number of benzene rings is 4. The Bertz CT molecular complexity index is 1390. The van der Waals surface area contributed by atoms with Crippen molar-refractivity contribution in [2.75, 3.05) is 4.90 Å². The number of anilines is 1. The van der Waals surface area contributed by atoms with Gasteiger partial charge in [0, 0.05) is 11.3 Å². The van der Waals surface area contributed by atoms with Crippen LogP contribution in [0, 0.1) is 6.92 Å². The van der Waals surface area contributed by atoms with E-state index < -0.39 is 17.7 Å². The summed E-state index contributed by atoms with van der Waals surface area (Å²) in [7, 11) is 0. The van der Waals surface area contributed by atoms with E-state index in [0.29, 0.717) is 11.3 Å². The monoisotopic (exact) mass is 419 g/mol. The van der Waals surface area contributed by atoms with Gasteiger partial charge in [0.2, 0.25) is 0 Å². The topological polar surface area (TPSA) is 57.6 Å². The standard InChI is InChI=1S/C28H21NO3/c1-18-9-5-8-14-23(18)29-25(20-11-3-2-4-12-20)24(27(31)28(29)32)26(30)22-16-15-19-10-6-7-13-21(19)17-22/h2-17,25,30H,1H3/b26-24-. The van der Waals surface area contributed by atoms with E-state index >= 15 is 0 Å². The van der Waals surface area contributed by atoms with Crippen LogP contribution in [0.4, 0.5) is 5.69 Å². The first-order valence-corrected chi connectivity index (χ1v) is 10.5. The molecule has 156 valence electrons. The first kappa shape index (κ1) is 19.8. The summed E-state index contributed by atoms with van der Waals surface area (Å²) in [6.45, 7) is 1.90. The van der Waals surface area contributed by atoms with E-state index in [9.17, 15) is 14.7 Å². The molecule has 4 nitrogen and oxygen atoms in total. The molecule has 0 bridgehead atoms. The number of amides is 1. The Balaban J connectivity index is 1.74. The normalized spacial score (nSPS) is 17.8. The molecule has 0 radical (unpaired) electrons. The molecular weight excluding hydrogens is 398 g/mol. The molecule has 1 atom stereocenters. The van der Waals surface area contributed by atoms with E-state index in [0.717, 1.165) is 21.9 Å². The van der Waals surface area contributed by atoms with Crippen molar-refractivity contribution in [3.8, 4) is 0 Å². The number of carbonyl (C=O) groups excluding carboxylic acids is 2. The minimum atomic E-state index is -0.719.